The van der Waals surface area contributed by atoms with Crippen LogP contribution in [0.5, 0.6) is 11.5 Å². The predicted molar refractivity (Wildman–Crippen MR) is 108 cm³/mol. The van der Waals surface area contributed by atoms with Crippen LogP contribution in [0.3, 0.4) is 0 Å². The summed E-state index contributed by atoms with van der Waals surface area (Å²) in [4.78, 5) is 12.4. The van der Waals surface area contributed by atoms with Gasteiger partial charge in [-0.2, -0.15) is 0 Å². The van der Waals surface area contributed by atoms with Crippen molar-refractivity contribution in [3.05, 3.63) is 18.2 Å². The third-order valence-corrected chi connectivity index (χ3v) is 5.91. The van der Waals surface area contributed by atoms with E-state index in [0.717, 1.165) is 12.1 Å². The van der Waals surface area contributed by atoms with E-state index >= 15 is 0 Å². The first-order valence-corrected chi connectivity index (χ1v) is 10.5. The number of nitrogens with one attached hydrogen (secondary N) is 1. The summed E-state index contributed by atoms with van der Waals surface area (Å²) in [5, 5.41) is 11.3. The number of aromatic nitrogens is 2. The van der Waals surface area contributed by atoms with Gasteiger partial charge in [0, 0.05) is 12.1 Å². The van der Waals surface area contributed by atoms with Gasteiger partial charge in [-0.3, -0.25) is 4.79 Å². The molecule has 1 amide bonds. The van der Waals surface area contributed by atoms with Gasteiger partial charge in [0.05, 0.1) is 19.5 Å². The molecule has 1 aliphatic carbocycles. The molecule has 1 atom stereocenters. The van der Waals surface area contributed by atoms with Crippen molar-refractivity contribution < 1.29 is 18.7 Å². The Kier molecular flexibility index (Phi) is 7.19. The van der Waals surface area contributed by atoms with Crippen molar-refractivity contribution in [1.29, 1.82) is 0 Å². The van der Waals surface area contributed by atoms with Gasteiger partial charge in [0.15, 0.2) is 11.5 Å². The first kappa shape index (κ1) is 20.5. The fraction of sp³-hybridized carbons (Fsp3) is 0.550. The quantitative estimate of drug-likeness (QED) is 0.666. The van der Waals surface area contributed by atoms with Gasteiger partial charge in [0.2, 0.25) is 11.8 Å². The monoisotopic (exact) mass is 405 g/mol. The number of ether oxygens (including phenoxy) is 2. The normalized spacial score (nSPS) is 15.8. The Morgan fingerprint density at radius 3 is 2.68 bits per heavy atom. The average molecular weight is 406 g/mol. The van der Waals surface area contributed by atoms with Crippen molar-refractivity contribution in [2.75, 3.05) is 20.8 Å². The standard InChI is InChI=1S/C20H27N3O4S/c1-13(18(24)21-12-14-7-5-4-6-8-14)28-20-23-22-19(27-20)15-9-10-16(25-2)17(11-15)26-3/h9-11,13-14H,4-8,12H2,1-3H3,(H,21,24)/t13-/m1/s1. The second-order valence-electron chi connectivity index (χ2n) is 6.95. The lowest BCUT2D eigenvalue weighted by Crippen LogP contribution is -2.35. The Morgan fingerprint density at radius 2 is 1.96 bits per heavy atom. The van der Waals surface area contributed by atoms with Crippen molar-refractivity contribution in [1.82, 2.24) is 15.5 Å². The van der Waals surface area contributed by atoms with Crippen LogP contribution < -0.4 is 14.8 Å². The Labute approximate surface area is 169 Å². The zero-order valence-corrected chi connectivity index (χ0v) is 17.4. The molecule has 7 nitrogen and oxygen atoms in total. The largest absolute Gasteiger partial charge is 0.493 e. The van der Waals surface area contributed by atoms with Gasteiger partial charge in [-0.15, -0.1) is 10.2 Å². The molecule has 0 spiro atoms. The molecule has 0 saturated heterocycles. The summed E-state index contributed by atoms with van der Waals surface area (Å²) >= 11 is 1.26. The molecule has 1 N–H and O–H groups in total. The molecule has 1 aromatic heterocycles. The number of benzene rings is 1. The molecule has 152 valence electrons. The van der Waals surface area contributed by atoms with Crippen molar-refractivity contribution in [3.63, 3.8) is 0 Å². The molecule has 3 rings (SSSR count). The van der Waals surface area contributed by atoms with Crippen LogP contribution >= 0.6 is 11.8 Å². The number of nitrogens with zero attached hydrogens (tertiary/aromatic N) is 2. The highest BCUT2D eigenvalue weighted by molar-refractivity contribution is 8.00. The van der Waals surface area contributed by atoms with E-state index in [9.17, 15) is 4.79 Å². The van der Waals surface area contributed by atoms with Gasteiger partial charge in [0.1, 0.15) is 0 Å². The Morgan fingerprint density at radius 1 is 1.21 bits per heavy atom. The predicted octanol–water partition coefficient (Wildman–Crippen LogP) is 3.93. The van der Waals surface area contributed by atoms with Crippen LogP contribution in [0.15, 0.2) is 27.8 Å². The second-order valence-corrected chi connectivity index (χ2v) is 8.24. The summed E-state index contributed by atoms with van der Waals surface area (Å²) in [6.45, 7) is 2.60. The minimum absolute atomic E-state index is 0.00133. The highest BCUT2D eigenvalue weighted by atomic mass is 32.2. The lowest BCUT2D eigenvalue weighted by molar-refractivity contribution is -0.120. The topological polar surface area (TPSA) is 86.5 Å². The highest BCUT2D eigenvalue weighted by Crippen LogP contribution is 2.33. The van der Waals surface area contributed by atoms with E-state index in [1.165, 1.54) is 43.9 Å². The number of methoxy groups -OCH3 is 2. The van der Waals surface area contributed by atoms with Gasteiger partial charge in [0.25, 0.3) is 5.22 Å². The molecule has 1 saturated carbocycles. The van der Waals surface area contributed by atoms with Crippen LogP contribution in [-0.4, -0.2) is 42.1 Å². The van der Waals surface area contributed by atoms with Crippen molar-refractivity contribution >= 4 is 17.7 Å². The van der Waals surface area contributed by atoms with Gasteiger partial charge < -0.3 is 19.2 Å². The van der Waals surface area contributed by atoms with Crippen LogP contribution in [0.2, 0.25) is 0 Å². The van der Waals surface area contributed by atoms with Gasteiger partial charge in [-0.25, -0.2) is 0 Å². The molecule has 1 aromatic carbocycles. The SMILES string of the molecule is COc1ccc(-c2nnc(S[C@H](C)C(=O)NCC3CCCCC3)o2)cc1OC. The number of rotatable bonds is 8. The molecular weight excluding hydrogens is 378 g/mol. The number of amides is 1. The second kappa shape index (κ2) is 9.82. The van der Waals surface area contributed by atoms with Crippen molar-refractivity contribution in [3.8, 4) is 23.0 Å². The van der Waals surface area contributed by atoms with Crippen molar-refractivity contribution in [2.45, 2.75) is 49.5 Å². The Hall–Kier alpha value is -2.22. The lowest BCUT2D eigenvalue weighted by atomic mass is 9.89. The third-order valence-electron chi connectivity index (χ3n) is 4.97. The van der Waals surface area contributed by atoms with Crippen LogP contribution in [0.4, 0.5) is 0 Å². The maximum atomic E-state index is 12.4. The summed E-state index contributed by atoms with van der Waals surface area (Å²) in [7, 11) is 3.16. The van der Waals surface area contributed by atoms with E-state index in [0.29, 0.717) is 28.5 Å². The van der Waals surface area contributed by atoms with Crippen molar-refractivity contribution in [2.24, 2.45) is 5.92 Å². The van der Waals surface area contributed by atoms with E-state index in [4.69, 9.17) is 13.9 Å². The molecular formula is C20H27N3O4S. The van der Waals surface area contributed by atoms with Crippen LogP contribution in [0, 0.1) is 5.92 Å². The zero-order chi connectivity index (χ0) is 19.9. The smallest absolute Gasteiger partial charge is 0.277 e. The first-order valence-electron chi connectivity index (χ1n) is 9.61. The molecule has 0 bridgehead atoms. The van der Waals surface area contributed by atoms with Crippen LogP contribution in [0.25, 0.3) is 11.5 Å². The summed E-state index contributed by atoms with van der Waals surface area (Å²) in [5.74, 6) is 2.20. The minimum Gasteiger partial charge on any atom is -0.493 e. The average Bonchev–Trinajstić information content (AvgIpc) is 3.20. The van der Waals surface area contributed by atoms with Gasteiger partial charge in [-0.05, 0) is 43.9 Å². The molecule has 2 aromatic rings. The molecule has 8 heteroatoms. The van der Waals surface area contributed by atoms with E-state index < -0.39 is 0 Å². The summed E-state index contributed by atoms with van der Waals surface area (Å²) in [6, 6.07) is 5.39. The number of thioether (sulfide) groups is 1. The molecule has 0 unspecified atom stereocenters. The molecule has 0 radical (unpaired) electrons. The van der Waals surface area contributed by atoms with Crippen LogP contribution in [0.1, 0.15) is 39.0 Å². The van der Waals surface area contributed by atoms with Gasteiger partial charge >= 0.3 is 0 Å². The summed E-state index contributed by atoms with van der Waals surface area (Å²) < 4.78 is 16.3. The number of carbonyl (C=O) groups is 1. The Bertz CT molecular complexity index is 790. The number of hydrogen-bond donors (Lipinski definition) is 1. The summed E-state index contributed by atoms with van der Waals surface area (Å²) in [5.41, 5.74) is 0.728. The van der Waals surface area contributed by atoms with E-state index in [2.05, 4.69) is 15.5 Å². The maximum absolute atomic E-state index is 12.4. The van der Waals surface area contributed by atoms with E-state index in [1.807, 2.05) is 13.0 Å². The minimum atomic E-state index is -0.303. The fourth-order valence-electron chi connectivity index (χ4n) is 3.33. The molecule has 1 heterocycles. The third kappa shape index (κ3) is 5.19. The number of carbonyl (C=O) groups excluding carboxylic acids is 1. The zero-order valence-electron chi connectivity index (χ0n) is 16.6. The molecule has 1 aliphatic rings. The maximum Gasteiger partial charge on any atom is 0.277 e. The van der Waals surface area contributed by atoms with Gasteiger partial charge in [-0.1, -0.05) is 31.0 Å². The van der Waals surface area contributed by atoms with Crippen LogP contribution in [-0.2, 0) is 4.79 Å². The van der Waals surface area contributed by atoms with E-state index in [1.54, 1.807) is 26.4 Å². The molecule has 28 heavy (non-hydrogen) atoms. The van der Waals surface area contributed by atoms with E-state index in [-0.39, 0.29) is 11.2 Å². The molecule has 0 aliphatic heterocycles. The fourth-order valence-corrected chi connectivity index (χ4v) is 4.04. The lowest BCUT2D eigenvalue weighted by Gasteiger charge is -2.22. The highest BCUT2D eigenvalue weighted by Gasteiger charge is 2.21. The summed E-state index contributed by atoms with van der Waals surface area (Å²) in [6.07, 6.45) is 6.27. The first-order chi connectivity index (χ1) is 13.6. The Balaban J connectivity index is 1.57. The number of hydrogen-bond acceptors (Lipinski definition) is 7. The molecule has 1 fully saturated rings.